The zero-order valence-electron chi connectivity index (χ0n) is 13.1. The zero-order chi connectivity index (χ0) is 14.6. The van der Waals surface area contributed by atoms with Gasteiger partial charge in [0, 0.05) is 19.0 Å². The van der Waals surface area contributed by atoms with E-state index < -0.39 is 10.1 Å². The molecule has 0 rings (SSSR count). The van der Waals surface area contributed by atoms with E-state index >= 15 is 0 Å². The summed E-state index contributed by atoms with van der Waals surface area (Å²) in [5.41, 5.74) is 0. The average Bonchev–Trinajstić information content (AvgIpc) is 2.35. The molecule has 0 fully saturated rings. The van der Waals surface area contributed by atoms with Crippen LogP contribution >= 0.6 is 0 Å². The van der Waals surface area contributed by atoms with Crippen LogP contribution in [-0.4, -0.2) is 45.2 Å². The van der Waals surface area contributed by atoms with E-state index in [1.165, 1.54) is 19.3 Å². The molecule has 0 aromatic carbocycles. The molecule has 5 nitrogen and oxygen atoms in total. The van der Waals surface area contributed by atoms with E-state index in [9.17, 15) is 13.0 Å². The van der Waals surface area contributed by atoms with Gasteiger partial charge in [0.05, 0.1) is 23.3 Å². The second-order valence-corrected chi connectivity index (χ2v) is 6.24. The van der Waals surface area contributed by atoms with Gasteiger partial charge in [-0.2, -0.15) is 0 Å². The molecular weight excluding hydrogens is 291 g/mol. The van der Waals surface area contributed by atoms with Gasteiger partial charge in [-0.1, -0.05) is 33.1 Å². The molecule has 0 bridgehead atoms. The molecule has 0 aliphatic rings. The van der Waals surface area contributed by atoms with Gasteiger partial charge in [0.1, 0.15) is 0 Å². The fourth-order valence-corrected chi connectivity index (χ4v) is 2.18. The third kappa shape index (κ3) is 16.9. The smallest absolute Gasteiger partial charge is 0.748 e. The van der Waals surface area contributed by atoms with E-state index in [0.717, 1.165) is 13.0 Å². The van der Waals surface area contributed by atoms with E-state index in [-0.39, 0.29) is 48.3 Å². The van der Waals surface area contributed by atoms with E-state index in [4.69, 9.17) is 9.47 Å². The first-order chi connectivity index (χ1) is 8.99. The minimum absolute atomic E-state index is 0. The fraction of sp³-hybridized carbons (Fsp3) is 1.00. The van der Waals surface area contributed by atoms with Crippen molar-refractivity contribution in [3.63, 3.8) is 0 Å². The summed E-state index contributed by atoms with van der Waals surface area (Å²) in [4.78, 5) is 0. The molecule has 0 heterocycles. The molecule has 0 aromatic heterocycles. The van der Waals surface area contributed by atoms with Crippen LogP contribution in [0.25, 0.3) is 0 Å². The third-order valence-electron chi connectivity index (χ3n) is 2.95. The average molecular weight is 318 g/mol. The van der Waals surface area contributed by atoms with Gasteiger partial charge in [0.2, 0.25) is 0 Å². The maximum absolute atomic E-state index is 10.3. The van der Waals surface area contributed by atoms with E-state index in [1.807, 2.05) is 0 Å². The van der Waals surface area contributed by atoms with Crippen molar-refractivity contribution in [3.05, 3.63) is 0 Å². The van der Waals surface area contributed by atoms with Crippen LogP contribution in [0.3, 0.4) is 0 Å². The minimum Gasteiger partial charge on any atom is -0.748 e. The molecule has 0 radical (unpaired) electrons. The summed E-state index contributed by atoms with van der Waals surface area (Å²) in [6.07, 6.45) is 5.03. The van der Waals surface area contributed by atoms with Crippen LogP contribution in [0.15, 0.2) is 0 Å². The quantitative estimate of drug-likeness (QED) is 0.252. The first-order valence-electron chi connectivity index (χ1n) is 7.08. The zero-order valence-corrected chi connectivity index (χ0v) is 15.9. The first kappa shape index (κ1) is 23.1. The van der Waals surface area contributed by atoms with Crippen LogP contribution in [0.4, 0.5) is 0 Å². The van der Waals surface area contributed by atoms with Crippen LogP contribution in [-0.2, 0) is 19.6 Å². The molecule has 0 aliphatic carbocycles. The topological polar surface area (TPSA) is 75.7 Å². The summed E-state index contributed by atoms with van der Waals surface area (Å²) in [5, 5.41) is 0. The van der Waals surface area contributed by atoms with Gasteiger partial charge in [-0.3, -0.25) is 0 Å². The second-order valence-electron chi connectivity index (χ2n) is 4.72. The predicted octanol–water partition coefficient (Wildman–Crippen LogP) is -0.825. The number of rotatable bonds is 13. The molecule has 1 atom stereocenters. The van der Waals surface area contributed by atoms with Gasteiger partial charge >= 0.3 is 29.6 Å². The van der Waals surface area contributed by atoms with Gasteiger partial charge in [0.15, 0.2) is 0 Å². The standard InChI is InChI=1S/C13H28O5S.Na/c1-3-5-7-13(4-2)12-18-10-9-17-8-6-11-19(14,15)16;/h13H,3-12H2,1-2H3,(H,14,15,16);/q;+1/p-1. The predicted molar refractivity (Wildman–Crippen MR) is 74.1 cm³/mol. The van der Waals surface area contributed by atoms with Crippen LogP contribution in [0.1, 0.15) is 46.0 Å². The Morgan fingerprint density at radius 2 is 1.70 bits per heavy atom. The minimum atomic E-state index is -4.11. The third-order valence-corrected chi connectivity index (χ3v) is 3.74. The van der Waals surface area contributed by atoms with E-state index in [1.54, 1.807) is 0 Å². The summed E-state index contributed by atoms with van der Waals surface area (Å²) >= 11 is 0. The molecule has 116 valence electrons. The Labute approximate surface area is 145 Å². The number of ether oxygens (including phenoxy) is 2. The van der Waals surface area contributed by atoms with Crippen molar-refractivity contribution in [1.82, 2.24) is 0 Å². The molecule has 20 heavy (non-hydrogen) atoms. The van der Waals surface area contributed by atoms with Gasteiger partial charge in [-0.15, -0.1) is 0 Å². The molecule has 7 heteroatoms. The number of hydrogen-bond acceptors (Lipinski definition) is 5. The maximum Gasteiger partial charge on any atom is 1.00 e. The van der Waals surface area contributed by atoms with Crippen molar-refractivity contribution in [3.8, 4) is 0 Å². The molecule has 0 amide bonds. The van der Waals surface area contributed by atoms with Crippen molar-refractivity contribution < 1.29 is 52.0 Å². The maximum atomic E-state index is 10.3. The normalized spacial score (nSPS) is 12.9. The fourth-order valence-electron chi connectivity index (χ4n) is 1.71. The Bertz CT molecular complexity index is 295. The number of unbranched alkanes of at least 4 members (excludes halogenated alkanes) is 1. The van der Waals surface area contributed by atoms with Crippen molar-refractivity contribution in [2.45, 2.75) is 46.0 Å². The molecular formula is C13H27NaO5S. The summed E-state index contributed by atoms with van der Waals surface area (Å²) in [5.74, 6) is 0.258. The first-order valence-corrected chi connectivity index (χ1v) is 8.66. The second kappa shape index (κ2) is 14.8. The van der Waals surface area contributed by atoms with Crippen LogP contribution < -0.4 is 29.6 Å². The van der Waals surface area contributed by atoms with E-state index in [0.29, 0.717) is 19.1 Å². The van der Waals surface area contributed by atoms with E-state index in [2.05, 4.69) is 13.8 Å². The summed E-state index contributed by atoms with van der Waals surface area (Å²) in [6.45, 7) is 6.37. The van der Waals surface area contributed by atoms with Gasteiger partial charge in [-0.05, 0) is 18.8 Å². The monoisotopic (exact) mass is 318 g/mol. The Hall–Kier alpha value is 0.830. The van der Waals surface area contributed by atoms with Crippen LogP contribution in [0.2, 0.25) is 0 Å². The molecule has 0 saturated carbocycles. The van der Waals surface area contributed by atoms with Gasteiger partial charge in [-0.25, -0.2) is 8.42 Å². The largest absolute Gasteiger partial charge is 1.00 e. The van der Waals surface area contributed by atoms with Crippen molar-refractivity contribution in [1.29, 1.82) is 0 Å². The summed E-state index contributed by atoms with van der Waals surface area (Å²) in [6, 6.07) is 0. The van der Waals surface area contributed by atoms with Crippen molar-refractivity contribution in [2.24, 2.45) is 5.92 Å². The van der Waals surface area contributed by atoms with Gasteiger partial charge < -0.3 is 14.0 Å². The molecule has 0 spiro atoms. The summed E-state index contributed by atoms with van der Waals surface area (Å²) in [7, 11) is -4.11. The Morgan fingerprint density at radius 1 is 1.05 bits per heavy atom. The molecule has 0 N–H and O–H groups in total. The molecule has 0 saturated heterocycles. The molecule has 0 aromatic rings. The number of hydrogen-bond donors (Lipinski definition) is 0. The Morgan fingerprint density at radius 3 is 2.25 bits per heavy atom. The summed E-state index contributed by atoms with van der Waals surface area (Å²) < 4.78 is 41.7. The van der Waals surface area contributed by atoms with Crippen LogP contribution in [0, 0.1) is 5.92 Å². The van der Waals surface area contributed by atoms with Crippen molar-refractivity contribution in [2.75, 3.05) is 32.2 Å². The van der Waals surface area contributed by atoms with Crippen molar-refractivity contribution >= 4 is 10.1 Å². The Balaban J connectivity index is 0. The molecule has 0 aliphatic heterocycles. The van der Waals surface area contributed by atoms with Crippen LogP contribution in [0.5, 0.6) is 0 Å². The SMILES string of the molecule is CCCCC(CC)COCCOCCCS(=O)(=O)[O-].[Na+]. The van der Waals surface area contributed by atoms with Gasteiger partial charge in [0.25, 0.3) is 0 Å². The Kier molecular flexibility index (Phi) is 17.0. The molecule has 1 unspecified atom stereocenters.